The molecule has 2 aliphatic rings. The zero-order valence-electron chi connectivity index (χ0n) is 11.5. The Balaban J connectivity index is 1.74. The normalized spacial score (nSPS) is 25.8. The van der Waals surface area contributed by atoms with E-state index in [0.29, 0.717) is 25.8 Å². The summed E-state index contributed by atoms with van der Waals surface area (Å²) in [5.74, 6) is -0.0937. The first-order valence-electron chi connectivity index (χ1n) is 6.60. The van der Waals surface area contributed by atoms with E-state index in [1.165, 1.54) is 0 Å². The molecule has 0 radical (unpaired) electrons. The number of benzene rings is 1. The van der Waals surface area contributed by atoms with Gasteiger partial charge in [0.2, 0.25) is 5.96 Å². The molecule has 1 aromatic rings. The number of fused-ring (bicyclic) bond motifs is 1. The van der Waals surface area contributed by atoms with Gasteiger partial charge < -0.3 is 26.7 Å². The second-order valence-electron chi connectivity index (χ2n) is 4.97. The van der Waals surface area contributed by atoms with E-state index in [-0.39, 0.29) is 24.1 Å². The SMILES string of the molecule is NC(N)=NC(N)=Nc1ccc(C2OCN3COCC23)cc1. The lowest BCUT2D eigenvalue weighted by Crippen LogP contribution is -2.27. The van der Waals surface area contributed by atoms with E-state index in [1.807, 2.05) is 24.3 Å². The van der Waals surface area contributed by atoms with E-state index < -0.39 is 0 Å². The van der Waals surface area contributed by atoms with Crippen LogP contribution < -0.4 is 17.2 Å². The van der Waals surface area contributed by atoms with Crippen molar-refractivity contribution in [3.63, 3.8) is 0 Å². The third kappa shape index (κ3) is 2.97. The molecule has 0 spiro atoms. The molecule has 0 bridgehead atoms. The van der Waals surface area contributed by atoms with Crippen molar-refractivity contribution in [3.8, 4) is 0 Å². The van der Waals surface area contributed by atoms with Gasteiger partial charge in [0.05, 0.1) is 18.3 Å². The molecule has 2 atom stereocenters. The second kappa shape index (κ2) is 5.68. The molecular formula is C13H18N6O2. The lowest BCUT2D eigenvalue weighted by molar-refractivity contribution is 0.0370. The van der Waals surface area contributed by atoms with Gasteiger partial charge in [0, 0.05) is 0 Å². The van der Waals surface area contributed by atoms with E-state index in [0.717, 1.165) is 5.56 Å². The third-order valence-electron chi connectivity index (χ3n) is 3.49. The summed E-state index contributed by atoms with van der Waals surface area (Å²) >= 11 is 0. The molecule has 112 valence electrons. The molecule has 21 heavy (non-hydrogen) atoms. The van der Waals surface area contributed by atoms with Crippen molar-refractivity contribution in [2.45, 2.75) is 12.1 Å². The number of hydrogen-bond donors (Lipinski definition) is 3. The highest BCUT2D eigenvalue weighted by molar-refractivity contribution is 5.93. The molecule has 1 aromatic carbocycles. The van der Waals surface area contributed by atoms with Gasteiger partial charge >= 0.3 is 0 Å². The highest BCUT2D eigenvalue weighted by atomic mass is 16.6. The molecule has 6 N–H and O–H groups in total. The Bertz CT molecular complexity index is 567. The average molecular weight is 290 g/mol. The van der Waals surface area contributed by atoms with E-state index in [1.54, 1.807) is 0 Å². The summed E-state index contributed by atoms with van der Waals surface area (Å²) in [6.07, 6.45) is 0.0283. The quantitative estimate of drug-likeness (QED) is 0.502. The molecular weight excluding hydrogens is 272 g/mol. The third-order valence-corrected chi connectivity index (χ3v) is 3.49. The Morgan fingerprint density at radius 2 is 1.90 bits per heavy atom. The summed E-state index contributed by atoms with van der Waals surface area (Å²) in [7, 11) is 0. The van der Waals surface area contributed by atoms with Gasteiger partial charge in [-0.1, -0.05) is 12.1 Å². The maximum absolute atomic E-state index is 5.81. The van der Waals surface area contributed by atoms with Crippen LogP contribution in [0.15, 0.2) is 34.3 Å². The van der Waals surface area contributed by atoms with Crippen LogP contribution in [0.5, 0.6) is 0 Å². The number of ether oxygens (including phenoxy) is 2. The Hall–Kier alpha value is -2.16. The van der Waals surface area contributed by atoms with Crippen LogP contribution in [-0.4, -0.2) is 42.9 Å². The van der Waals surface area contributed by atoms with Crippen molar-refractivity contribution < 1.29 is 9.47 Å². The van der Waals surface area contributed by atoms with Gasteiger partial charge in [-0.2, -0.15) is 4.99 Å². The fourth-order valence-electron chi connectivity index (χ4n) is 2.54. The van der Waals surface area contributed by atoms with Crippen molar-refractivity contribution >= 4 is 17.6 Å². The maximum Gasteiger partial charge on any atom is 0.223 e. The second-order valence-corrected chi connectivity index (χ2v) is 4.97. The van der Waals surface area contributed by atoms with Gasteiger partial charge in [0.25, 0.3) is 0 Å². The maximum atomic E-state index is 5.81. The first-order valence-corrected chi connectivity index (χ1v) is 6.60. The summed E-state index contributed by atoms with van der Waals surface area (Å²) in [5.41, 5.74) is 17.8. The van der Waals surface area contributed by atoms with Crippen molar-refractivity contribution in [2.75, 3.05) is 20.1 Å². The van der Waals surface area contributed by atoms with Crippen molar-refractivity contribution in [2.24, 2.45) is 27.2 Å². The summed E-state index contributed by atoms with van der Waals surface area (Å²) in [6.45, 7) is 1.94. The molecule has 0 amide bonds. The Kier molecular flexibility index (Phi) is 3.74. The predicted molar refractivity (Wildman–Crippen MR) is 78.7 cm³/mol. The summed E-state index contributed by atoms with van der Waals surface area (Å²) in [4.78, 5) is 9.95. The molecule has 2 heterocycles. The number of nitrogens with two attached hydrogens (primary N) is 3. The van der Waals surface area contributed by atoms with Crippen LogP contribution in [0.4, 0.5) is 5.69 Å². The molecule has 0 saturated carbocycles. The van der Waals surface area contributed by atoms with Crippen LogP contribution in [0, 0.1) is 0 Å². The predicted octanol–water partition coefficient (Wildman–Crippen LogP) is -0.407. The van der Waals surface area contributed by atoms with Gasteiger partial charge in [0.15, 0.2) is 5.96 Å². The molecule has 8 heteroatoms. The van der Waals surface area contributed by atoms with Crippen LogP contribution in [0.2, 0.25) is 0 Å². The average Bonchev–Trinajstić information content (AvgIpc) is 3.01. The van der Waals surface area contributed by atoms with Crippen LogP contribution in [0.3, 0.4) is 0 Å². The van der Waals surface area contributed by atoms with Gasteiger partial charge in [-0.3, -0.25) is 0 Å². The zero-order valence-corrected chi connectivity index (χ0v) is 11.5. The Morgan fingerprint density at radius 3 is 2.62 bits per heavy atom. The monoisotopic (exact) mass is 290 g/mol. The van der Waals surface area contributed by atoms with E-state index in [9.17, 15) is 0 Å². The van der Waals surface area contributed by atoms with Crippen molar-refractivity contribution in [3.05, 3.63) is 29.8 Å². The number of nitrogens with zero attached hydrogens (tertiary/aromatic N) is 3. The molecule has 0 aliphatic carbocycles. The smallest absolute Gasteiger partial charge is 0.223 e. The topological polar surface area (TPSA) is 124 Å². The number of aliphatic imine (C=N–C) groups is 2. The summed E-state index contributed by atoms with van der Waals surface area (Å²) in [6, 6.07) is 7.92. The Labute approximate surface area is 122 Å². The minimum atomic E-state index is -0.117. The molecule has 2 fully saturated rings. The molecule has 2 saturated heterocycles. The highest BCUT2D eigenvalue weighted by Crippen LogP contribution is 2.34. The van der Waals surface area contributed by atoms with Crippen LogP contribution in [-0.2, 0) is 9.47 Å². The van der Waals surface area contributed by atoms with Crippen LogP contribution in [0.1, 0.15) is 11.7 Å². The number of guanidine groups is 2. The van der Waals surface area contributed by atoms with Crippen LogP contribution >= 0.6 is 0 Å². The van der Waals surface area contributed by atoms with Crippen LogP contribution in [0.25, 0.3) is 0 Å². The molecule has 3 rings (SSSR count). The largest absolute Gasteiger partial charge is 0.370 e. The lowest BCUT2D eigenvalue weighted by atomic mass is 10.0. The number of rotatable bonds is 2. The van der Waals surface area contributed by atoms with Gasteiger partial charge in [-0.15, -0.1) is 0 Å². The summed E-state index contributed by atoms with van der Waals surface area (Å²) < 4.78 is 11.3. The molecule has 8 nitrogen and oxygen atoms in total. The van der Waals surface area contributed by atoms with Gasteiger partial charge in [-0.25, -0.2) is 9.89 Å². The lowest BCUT2D eigenvalue weighted by Gasteiger charge is -2.16. The molecule has 2 unspecified atom stereocenters. The molecule has 2 aliphatic heterocycles. The van der Waals surface area contributed by atoms with Crippen molar-refractivity contribution in [1.82, 2.24) is 4.90 Å². The fraction of sp³-hybridized carbons (Fsp3) is 0.385. The minimum Gasteiger partial charge on any atom is -0.370 e. The van der Waals surface area contributed by atoms with Crippen molar-refractivity contribution in [1.29, 1.82) is 0 Å². The van der Waals surface area contributed by atoms with Gasteiger partial charge in [-0.05, 0) is 17.7 Å². The zero-order chi connectivity index (χ0) is 14.8. The molecule has 0 aromatic heterocycles. The standard InChI is InChI=1S/C13H18N6O2/c14-12(15)18-13(16)17-9-3-1-8(2-4-9)11-10-5-20-6-19(10)7-21-11/h1-4,10-11H,5-7H2,(H6,14,15,16,17,18). The fourth-order valence-corrected chi connectivity index (χ4v) is 2.54. The van der Waals surface area contributed by atoms with E-state index >= 15 is 0 Å². The highest BCUT2D eigenvalue weighted by Gasteiger charge is 2.39. The van der Waals surface area contributed by atoms with Gasteiger partial charge in [0.1, 0.15) is 19.6 Å². The van der Waals surface area contributed by atoms with E-state index in [4.69, 9.17) is 26.7 Å². The first-order chi connectivity index (χ1) is 10.1. The summed E-state index contributed by atoms with van der Waals surface area (Å²) in [5, 5.41) is 0. The Morgan fingerprint density at radius 1 is 1.14 bits per heavy atom. The minimum absolute atomic E-state index is 0.0234. The van der Waals surface area contributed by atoms with E-state index in [2.05, 4.69) is 14.9 Å². The first kappa shape index (κ1) is 13.8. The number of hydrogen-bond acceptors (Lipinski definition) is 4.